The quantitative estimate of drug-likeness (QED) is 0.595. The Labute approximate surface area is 85.9 Å². The van der Waals surface area contributed by atoms with E-state index in [2.05, 4.69) is 4.98 Å². The zero-order chi connectivity index (χ0) is 11.4. The molecule has 6 heteroatoms. The van der Waals surface area contributed by atoms with Gasteiger partial charge in [-0.3, -0.25) is 14.6 Å². The molecule has 1 aromatic rings. The molecule has 15 heavy (non-hydrogen) atoms. The molecular weight excluding hydrogens is 198 g/mol. The molecular formula is C9H11N3O3. The van der Waals surface area contributed by atoms with Crippen LogP contribution in [0.4, 0.5) is 0 Å². The molecule has 0 aromatic carbocycles. The number of pyridine rings is 1. The standard InChI is InChI=1S/C9H11N3O3/c10-7(9(14)15)3-5-1-2-12-4-6(5)8(11)13/h1-2,4,7H,3,10H2,(H2,11,13)(H,14,15)/t7-/m0/s1. The summed E-state index contributed by atoms with van der Waals surface area (Å²) < 4.78 is 0. The van der Waals surface area contributed by atoms with Gasteiger partial charge in [0.1, 0.15) is 6.04 Å². The summed E-state index contributed by atoms with van der Waals surface area (Å²) in [5.74, 6) is -1.77. The highest BCUT2D eigenvalue weighted by atomic mass is 16.4. The van der Waals surface area contributed by atoms with Crippen molar-refractivity contribution in [1.29, 1.82) is 0 Å². The first kappa shape index (κ1) is 11.1. The van der Waals surface area contributed by atoms with Crippen molar-refractivity contribution < 1.29 is 14.7 Å². The van der Waals surface area contributed by atoms with Crippen LogP contribution in [0.15, 0.2) is 18.5 Å². The SMILES string of the molecule is NC(=O)c1cnccc1C[C@H](N)C(=O)O. The van der Waals surface area contributed by atoms with Gasteiger partial charge in [0, 0.05) is 12.4 Å². The van der Waals surface area contributed by atoms with Gasteiger partial charge in [0.15, 0.2) is 0 Å². The summed E-state index contributed by atoms with van der Waals surface area (Å²) in [4.78, 5) is 25.2. The van der Waals surface area contributed by atoms with E-state index in [4.69, 9.17) is 16.6 Å². The van der Waals surface area contributed by atoms with Crippen LogP contribution in [0.25, 0.3) is 0 Å². The zero-order valence-corrected chi connectivity index (χ0v) is 7.88. The molecule has 1 aromatic heterocycles. The second-order valence-corrected chi connectivity index (χ2v) is 3.05. The van der Waals surface area contributed by atoms with Crippen LogP contribution >= 0.6 is 0 Å². The molecule has 0 bridgehead atoms. The highest BCUT2D eigenvalue weighted by Gasteiger charge is 2.16. The van der Waals surface area contributed by atoms with Crippen molar-refractivity contribution in [3.63, 3.8) is 0 Å². The Hall–Kier alpha value is -1.95. The highest BCUT2D eigenvalue weighted by molar-refractivity contribution is 5.94. The third kappa shape index (κ3) is 2.75. The van der Waals surface area contributed by atoms with Gasteiger partial charge in [-0.1, -0.05) is 0 Å². The van der Waals surface area contributed by atoms with E-state index in [1.807, 2.05) is 0 Å². The first-order valence-electron chi connectivity index (χ1n) is 4.23. The second-order valence-electron chi connectivity index (χ2n) is 3.05. The number of aliphatic carboxylic acids is 1. The van der Waals surface area contributed by atoms with Crippen molar-refractivity contribution in [3.8, 4) is 0 Å². The number of hydrogen-bond acceptors (Lipinski definition) is 4. The molecule has 1 amide bonds. The maximum atomic E-state index is 11.0. The molecule has 1 heterocycles. The average molecular weight is 209 g/mol. The lowest BCUT2D eigenvalue weighted by atomic mass is 10.0. The van der Waals surface area contributed by atoms with E-state index in [1.54, 1.807) is 0 Å². The Morgan fingerprint density at radius 2 is 2.20 bits per heavy atom. The molecule has 6 nitrogen and oxygen atoms in total. The minimum Gasteiger partial charge on any atom is -0.480 e. The number of primary amides is 1. The molecule has 0 fully saturated rings. The Balaban J connectivity index is 2.94. The van der Waals surface area contributed by atoms with Crippen LogP contribution in [0.2, 0.25) is 0 Å². The van der Waals surface area contributed by atoms with Gasteiger partial charge in [0.2, 0.25) is 0 Å². The molecule has 0 saturated carbocycles. The van der Waals surface area contributed by atoms with Crippen molar-refractivity contribution in [3.05, 3.63) is 29.6 Å². The van der Waals surface area contributed by atoms with Crippen LogP contribution in [-0.2, 0) is 11.2 Å². The molecule has 80 valence electrons. The summed E-state index contributed by atoms with van der Waals surface area (Å²) in [6, 6.07) is 0.480. The molecule has 0 saturated heterocycles. The average Bonchev–Trinajstić information content (AvgIpc) is 2.18. The Kier molecular flexibility index (Phi) is 3.35. The molecule has 0 spiro atoms. The fraction of sp³-hybridized carbons (Fsp3) is 0.222. The summed E-state index contributed by atoms with van der Waals surface area (Å²) in [6.45, 7) is 0. The van der Waals surface area contributed by atoms with Crippen molar-refractivity contribution in [2.45, 2.75) is 12.5 Å². The van der Waals surface area contributed by atoms with E-state index in [1.165, 1.54) is 18.5 Å². The smallest absolute Gasteiger partial charge is 0.320 e. The first-order valence-corrected chi connectivity index (χ1v) is 4.23. The number of amides is 1. The van der Waals surface area contributed by atoms with Crippen LogP contribution in [0.5, 0.6) is 0 Å². The summed E-state index contributed by atoms with van der Waals surface area (Å²) in [5, 5.41) is 8.62. The van der Waals surface area contributed by atoms with Crippen molar-refractivity contribution >= 4 is 11.9 Å². The molecule has 0 radical (unpaired) electrons. The summed E-state index contributed by atoms with van der Waals surface area (Å²) in [5.41, 5.74) is 11.1. The maximum absolute atomic E-state index is 11.0. The number of hydrogen-bond donors (Lipinski definition) is 3. The molecule has 0 aliphatic carbocycles. The topological polar surface area (TPSA) is 119 Å². The summed E-state index contributed by atoms with van der Waals surface area (Å²) >= 11 is 0. The van der Waals surface area contributed by atoms with Gasteiger partial charge in [0.25, 0.3) is 5.91 Å². The van der Waals surface area contributed by atoms with Gasteiger partial charge in [-0.2, -0.15) is 0 Å². The first-order chi connectivity index (χ1) is 7.02. The van der Waals surface area contributed by atoms with Crippen molar-refractivity contribution in [2.24, 2.45) is 11.5 Å². The van der Waals surface area contributed by atoms with Crippen molar-refractivity contribution in [2.75, 3.05) is 0 Å². The predicted octanol–water partition coefficient (Wildman–Crippen LogP) is -0.865. The zero-order valence-electron chi connectivity index (χ0n) is 7.88. The van der Waals surface area contributed by atoms with Crippen LogP contribution in [0, 0.1) is 0 Å². The number of carbonyl (C=O) groups excluding carboxylic acids is 1. The number of aromatic nitrogens is 1. The third-order valence-corrected chi connectivity index (χ3v) is 1.93. The number of rotatable bonds is 4. The Morgan fingerprint density at radius 3 is 2.73 bits per heavy atom. The lowest BCUT2D eigenvalue weighted by Crippen LogP contribution is -2.33. The van der Waals surface area contributed by atoms with E-state index < -0.39 is 17.9 Å². The molecule has 0 aliphatic rings. The number of carbonyl (C=O) groups is 2. The largest absolute Gasteiger partial charge is 0.480 e. The van der Waals surface area contributed by atoms with Crippen LogP contribution in [0.3, 0.4) is 0 Å². The molecule has 5 N–H and O–H groups in total. The van der Waals surface area contributed by atoms with Crippen LogP contribution in [0.1, 0.15) is 15.9 Å². The van der Waals surface area contributed by atoms with E-state index in [0.717, 1.165) is 0 Å². The van der Waals surface area contributed by atoms with Gasteiger partial charge < -0.3 is 16.6 Å². The molecule has 0 unspecified atom stereocenters. The minimum atomic E-state index is -1.12. The second kappa shape index (κ2) is 4.52. The lowest BCUT2D eigenvalue weighted by Gasteiger charge is -2.08. The lowest BCUT2D eigenvalue weighted by molar-refractivity contribution is -0.138. The summed E-state index contributed by atoms with van der Waals surface area (Å²) in [6.07, 6.45) is 2.80. The number of carboxylic acid groups (broad SMARTS) is 1. The van der Waals surface area contributed by atoms with E-state index in [0.29, 0.717) is 5.56 Å². The van der Waals surface area contributed by atoms with E-state index in [-0.39, 0.29) is 12.0 Å². The summed E-state index contributed by atoms with van der Waals surface area (Å²) in [7, 11) is 0. The van der Waals surface area contributed by atoms with Gasteiger partial charge in [-0.15, -0.1) is 0 Å². The molecule has 0 aliphatic heterocycles. The fourth-order valence-electron chi connectivity index (χ4n) is 1.15. The Morgan fingerprint density at radius 1 is 1.53 bits per heavy atom. The number of nitrogens with zero attached hydrogens (tertiary/aromatic N) is 1. The van der Waals surface area contributed by atoms with E-state index >= 15 is 0 Å². The Bertz CT molecular complexity index is 392. The number of carboxylic acids is 1. The van der Waals surface area contributed by atoms with Crippen molar-refractivity contribution in [1.82, 2.24) is 4.98 Å². The normalized spacial score (nSPS) is 12.1. The van der Waals surface area contributed by atoms with E-state index in [9.17, 15) is 9.59 Å². The number of nitrogens with two attached hydrogens (primary N) is 2. The monoisotopic (exact) mass is 209 g/mol. The fourth-order valence-corrected chi connectivity index (χ4v) is 1.15. The van der Waals surface area contributed by atoms with Gasteiger partial charge >= 0.3 is 5.97 Å². The van der Waals surface area contributed by atoms with Gasteiger partial charge in [-0.25, -0.2) is 0 Å². The van der Waals surface area contributed by atoms with Gasteiger partial charge in [0.05, 0.1) is 5.56 Å². The third-order valence-electron chi connectivity index (χ3n) is 1.93. The van der Waals surface area contributed by atoms with Gasteiger partial charge in [-0.05, 0) is 18.1 Å². The highest BCUT2D eigenvalue weighted by Crippen LogP contribution is 2.08. The van der Waals surface area contributed by atoms with Crippen LogP contribution in [-0.4, -0.2) is 28.0 Å². The maximum Gasteiger partial charge on any atom is 0.320 e. The van der Waals surface area contributed by atoms with Crippen LogP contribution < -0.4 is 11.5 Å². The predicted molar refractivity (Wildman–Crippen MR) is 52.1 cm³/mol. The minimum absolute atomic E-state index is 0.0517. The molecule has 1 rings (SSSR count). The molecule has 1 atom stereocenters.